The first-order valence-corrected chi connectivity index (χ1v) is 15.3. The Hall–Kier alpha value is 0.114. The second-order valence-electron chi connectivity index (χ2n) is 7.90. The zero-order chi connectivity index (χ0) is 24.1. The highest BCUT2D eigenvalue weighted by Crippen LogP contribution is 2.28. The second kappa shape index (κ2) is 15.9. The van der Waals surface area contributed by atoms with Gasteiger partial charge >= 0.3 is 17.6 Å². The third-order valence-electron chi connectivity index (χ3n) is 4.45. The normalized spacial score (nSPS) is 16.2. The second-order valence-corrected chi connectivity index (χ2v) is 14.2. The molecule has 10 heteroatoms. The lowest BCUT2D eigenvalue weighted by molar-refractivity contribution is -0.175. The molecule has 0 spiro atoms. The van der Waals surface area contributed by atoms with Gasteiger partial charge in [-0.05, 0) is 48.5 Å². The van der Waals surface area contributed by atoms with Crippen molar-refractivity contribution in [1.29, 1.82) is 0 Å². The van der Waals surface area contributed by atoms with E-state index in [1.54, 1.807) is 0 Å². The van der Waals surface area contributed by atoms with Crippen molar-refractivity contribution in [3.05, 3.63) is 0 Å². The largest absolute Gasteiger partial charge is 0.505 e. The highest BCUT2D eigenvalue weighted by molar-refractivity contribution is 6.62. The summed E-state index contributed by atoms with van der Waals surface area (Å²) in [6.45, 7) is 24.1. The maximum absolute atomic E-state index is 6.19. The fraction of sp³-hybridized carbons (Fsp3) is 1.00. The molecule has 0 fully saturated rings. The van der Waals surface area contributed by atoms with Crippen LogP contribution in [-0.2, 0) is 36.0 Å². The molecule has 0 aromatic heterocycles. The van der Waals surface area contributed by atoms with Gasteiger partial charge in [0.15, 0.2) is 0 Å². The smallest absolute Gasteiger partial charge is 0.374 e. The van der Waals surface area contributed by atoms with E-state index in [1.165, 1.54) is 0 Å². The number of hydrogen-bond donors (Lipinski definition) is 0. The third kappa shape index (κ3) is 10.7. The van der Waals surface area contributed by atoms with Gasteiger partial charge in [-0.15, -0.1) is 0 Å². The van der Waals surface area contributed by atoms with Gasteiger partial charge in [-0.2, -0.15) is 0 Å². The standard InChI is InChI=1S/C21H48O8Si2/c1-12-23-30(17(5)6,24-13-2)28-20(10)22-16-19(9)27-21(11)29-31(18(7)8,25-14-3)26-15-4/h17-21H,12-16H2,1-11H3. The van der Waals surface area contributed by atoms with Gasteiger partial charge in [0.1, 0.15) is 12.6 Å². The van der Waals surface area contributed by atoms with E-state index in [2.05, 4.69) is 27.7 Å². The first-order valence-electron chi connectivity index (χ1n) is 11.7. The van der Waals surface area contributed by atoms with E-state index in [4.69, 9.17) is 36.0 Å². The minimum atomic E-state index is -2.83. The van der Waals surface area contributed by atoms with Crippen LogP contribution in [0, 0.1) is 0 Å². The summed E-state index contributed by atoms with van der Waals surface area (Å²) < 4.78 is 48.0. The lowest BCUT2D eigenvalue weighted by Crippen LogP contribution is -2.52. The zero-order valence-electron chi connectivity index (χ0n) is 21.7. The van der Waals surface area contributed by atoms with Crippen LogP contribution in [-0.4, -0.2) is 69.3 Å². The Morgan fingerprint density at radius 3 is 1.23 bits per heavy atom. The van der Waals surface area contributed by atoms with Crippen molar-refractivity contribution in [1.82, 2.24) is 0 Å². The predicted octanol–water partition coefficient (Wildman–Crippen LogP) is 4.98. The van der Waals surface area contributed by atoms with Crippen LogP contribution in [0.4, 0.5) is 0 Å². The van der Waals surface area contributed by atoms with Crippen LogP contribution in [0.25, 0.3) is 0 Å². The molecule has 0 heterocycles. The lowest BCUT2D eigenvalue weighted by atomic mass is 10.4. The highest BCUT2D eigenvalue weighted by atomic mass is 28.4. The Morgan fingerprint density at radius 2 is 0.903 bits per heavy atom. The molecule has 0 saturated heterocycles. The van der Waals surface area contributed by atoms with Crippen molar-refractivity contribution in [2.24, 2.45) is 0 Å². The molecular weight excluding hydrogens is 436 g/mol. The van der Waals surface area contributed by atoms with Crippen LogP contribution >= 0.6 is 0 Å². The molecule has 0 aliphatic heterocycles. The summed E-state index contributed by atoms with van der Waals surface area (Å²) in [5, 5.41) is 0. The molecule has 3 atom stereocenters. The van der Waals surface area contributed by atoms with E-state index in [0.29, 0.717) is 33.0 Å². The molecule has 0 aliphatic rings. The van der Waals surface area contributed by atoms with Crippen molar-refractivity contribution in [2.75, 3.05) is 33.0 Å². The first-order chi connectivity index (χ1) is 14.5. The fourth-order valence-electron chi connectivity index (χ4n) is 3.12. The molecular formula is C21H48O8Si2. The van der Waals surface area contributed by atoms with Crippen LogP contribution in [0.1, 0.15) is 76.2 Å². The summed E-state index contributed by atoms with van der Waals surface area (Å²) in [4.78, 5) is 0. The minimum absolute atomic E-state index is 0.129. The van der Waals surface area contributed by atoms with Crippen LogP contribution in [0.15, 0.2) is 0 Å². The molecule has 188 valence electrons. The predicted molar refractivity (Wildman–Crippen MR) is 126 cm³/mol. The van der Waals surface area contributed by atoms with Gasteiger partial charge in [-0.25, -0.2) is 0 Å². The summed E-state index contributed by atoms with van der Waals surface area (Å²) >= 11 is 0. The SMILES string of the molecule is CCO[Si](OCC)(OC(C)OCC(C)OC(C)O[Si](OCC)(OCC)C(C)C)C(C)C. The molecule has 0 amide bonds. The van der Waals surface area contributed by atoms with Crippen LogP contribution in [0.5, 0.6) is 0 Å². The average molecular weight is 485 g/mol. The number of hydrogen-bond acceptors (Lipinski definition) is 8. The van der Waals surface area contributed by atoms with Crippen LogP contribution < -0.4 is 0 Å². The van der Waals surface area contributed by atoms with Crippen LogP contribution in [0.3, 0.4) is 0 Å². The van der Waals surface area contributed by atoms with Gasteiger partial charge < -0.3 is 36.0 Å². The molecule has 0 aromatic rings. The van der Waals surface area contributed by atoms with Gasteiger partial charge in [0.25, 0.3) is 0 Å². The summed E-state index contributed by atoms with van der Waals surface area (Å²) in [7, 11) is -5.65. The summed E-state index contributed by atoms with van der Waals surface area (Å²) in [5.41, 5.74) is 0.261. The van der Waals surface area contributed by atoms with Gasteiger partial charge in [-0.1, -0.05) is 27.7 Å². The fourth-order valence-corrected chi connectivity index (χ4v) is 8.10. The lowest BCUT2D eigenvalue weighted by Gasteiger charge is -2.35. The molecule has 0 radical (unpaired) electrons. The Bertz CT molecular complexity index is 441. The Morgan fingerprint density at radius 1 is 0.548 bits per heavy atom. The molecule has 31 heavy (non-hydrogen) atoms. The van der Waals surface area contributed by atoms with Crippen molar-refractivity contribution >= 4 is 17.6 Å². The Balaban J connectivity index is 4.82. The van der Waals surface area contributed by atoms with Crippen molar-refractivity contribution in [2.45, 2.75) is 106 Å². The zero-order valence-corrected chi connectivity index (χ0v) is 23.7. The van der Waals surface area contributed by atoms with E-state index in [0.717, 1.165) is 0 Å². The molecule has 0 aliphatic carbocycles. The molecule has 0 N–H and O–H groups in total. The Kier molecular flexibility index (Phi) is 15.9. The van der Waals surface area contributed by atoms with E-state index < -0.39 is 30.2 Å². The molecule has 0 rings (SSSR count). The van der Waals surface area contributed by atoms with E-state index in [9.17, 15) is 0 Å². The summed E-state index contributed by atoms with van der Waals surface area (Å²) in [6, 6.07) is 0. The van der Waals surface area contributed by atoms with E-state index in [1.807, 2.05) is 48.5 Å². The molecule has 0 bridgehead atoms. The van der Waals surface area contributed by atoms with Crippen molar-refractivity contribution < 1.29 is 36.0 Å². The summed E-state index contributed by atoms with van der Waals surface area (Å²) in [5.74, 6) is 0. The molecule has 8 nitrogen and oxygen atoms in total. The Labute approximate surface area is 192 Å². The van der Waals surface area contributed by atoms with Crippen molar-refractivity contribution in [3.63, 3.8) is 0 Å². The quantitative estimate of drug-likeness (QED) is 0.188. The summed E-state index contributed by atoms with van der Waals surface area (Å²) in [6.07, 6.45) is -1.18. The van der Waals surface area contributed by atoms with E-state index >= 15 is 0 Å². The molecule has 3 unspecified atom stereocenters. The van der Waals surface area contributed by atoms with Gasteiger partial charge in [0.2, 0.25) is 0 Å². The monoisotopic (exact) mass is 484 g/mol. The maximum Gasteiger partial charge on any atom is 0.505 e. The number of ether oxygens (including phenoxy) is 2. The highest BCUT2D eigenvalue weighted by Gasteiger charge is 2.47. The van der Waals surface area contributed by atoms with Gasteiger partial charge in [0, 0.05) is 37.5 Å². The molecule has 0 aromatic carbocycles. The first kappa shape index (κ1) is 31.1. The van der Waals surface area contributed by atoms with Crippen molar-refractivity contribution in [3.8, 4) is 0 Å². The van der Waals surface area contributed by atoms with Gasteiger partial charge in [0.05, 0.1) is 12.7 Å². The van der Waals surface area contributed by atoms with Crippen LogP contribution in [0.2, 0.25) is 11.1 Å². The molecule has 0 saturated carbocycles. The topological polar surface area (TPSA) is 73.8 Å². The number of rotatable bonds is 19. The van der Waals surface area contributed by atoms with E-state index in [-0.39, 0.29) is 17.2 Å². The minimum Gasteiger partial charge on any atom is -0.374 e. The average Bonchev–Trinajstić information content (AvgIpc) is 2.66. The van der Waals surface area contributed by atoms with Gasteiger partial charge in [-0.3, -0.25) is 0 Å². The third-order valence-corrected chi connectivity index (χ3v) is 11.4. The maximum atomic E-state index is 6.19.